The number of hydrogen-bond acceptors (Lipinski definition) is 4. The first-order valence-electron chi connectivity index (χ1n) is 9.20. The van der Waals surface area contributed by atoms with E-state index in [1.54, 1.807) is 0 Å². The van der Waals surface area contributed by atoms with E-state index >= 15 is 0 Å². The van der Waals surface area contributed by atoms with Gasteiger partial charge in [-0.3, -0.25) is 9.58 Å². The molecule has 1 atom stereocenters. The highest BCUT2D eigenvalue weighted by atomic mass is 16.3. The summed E-state index contributed by atoms with van der Waals surface area (Å²) in [5, 5.41) is 14.3. The van der Waals surface area contributed by atoms with E-state index in [9.17, 15) is 5.11 Å². The third-order valence-electron chi connectivity index (χ3n) is 5.68. The first-order valence-corrected chi connectivity index (χ1v) is 9.20. The summed E-state index contributed by atoms with van der Waals surface area (Å²) >= 11 is 0. The predicted octanol–water partition coefficient (Wildman–Crippen LogP) is 1.81. The number of aliphatic hydroxyl groups is 1. The van der Waals surface area contributed by atoms with Gasteiger partial charge in [-0.15, -0.1) is 0 Å². The lowest BCUT2D eigenvalue weighted by Crippen LogP contribution is -2.50. The summed E-state index contributed by atoms with van der Waals surface area (Å²) in [4.78, 5) is 5.22. The zero-order valence-corrected chi connectivity index (χ0v) is 14.9. The van der Waals surface area contributed by atoms with Crippen molar-refractivity contribution in [1.82, 2.24) is 19.6 Å². The molecule has 3 rings (SSSR count). The van der Waals surface area contributed by atoms with Gasteiger partial charge in [-0.25, -0.2) is 0 Å². The highest BCUT2D eigenvalue weighted by Gasteiger charge is 2.29. The number of hydrogen-bond donors (Lipinski definition) is 1. The number of aromatic nitrogens is 2. The van der Waals surface area contributed by atoms with E-state index in [0.717, 1.165) is 44.2 Å². The molecular weight excluding hydrogens is 288 g/mol. The van der Waals surface area contributed by atoms with E-state index in [1.165, 1.54) is 31.6 Å². The van der Waals surface area contributed by atoms with Gasteiger partial charge in [0.25, 0.3) is 0 Å². The Morgan fingerprint density at radius 2 is 1.78 bits per heavy atom. The lowest BCUT2D eigenvalue weighted by molar-refractivity contribution is 0.0310. The van der Waals surface area contributed by atoms with Gasteiger partial charge in [0, 0.05) is 30.9 Å². The Kier molecular flexibility index (Phi) is 5.39. The molecule has 0 spiro atoms. The second kappa shape index (κ2) is 7.32. The molecule has 2 aliphatic rings. The number of likely N-dealkylation sites (tertiary alicyclic amines) is 2. The molecule has 2 fully saturated rings. The smallest absolute Gasteiger partial charge is 0.0596 e. The molecule has 0 aliphatic carbocycles. The maximum Gasteiger partial charge on any atom is 0.0596 e. The third kappa shape index (κ3) is 4.14. The van der Waals surface area contributed by atoms with Crippen LogP contribution < -0.4 is 0 Å². The number of aliphatic hydroxyl groups excluding tert-OH is 1. The summed E-state index contributed by atoms with van der Waals surface area (Å²) in [7, 11) is 0. The average molecular weight is 320 g/mol. The molecule has 3 heterocycles. The van der Waals surface area contributed by atoms with Gasteiger partial charge >= 0.3 is 0 Å². The summed E-state index contributed by atoms with van der Waals surface area (Å²) in [6.45, 7) is 12.0. The SMILES string of the molecule is Cc1cc(C)n(CC(C)N2CCC(N3CCC(O)CC3)CC2)n1. The van der Waals surface area contributed by atoms with Crippen LogP contribution in [0.2, 0.25) is 0 Å². The van der Waals surface area contributed by atoms with Gasteiger partial charge in [0.1, 0.15) is 0 Å². The van der Waals surface area contributed by atoms with Gasteiger partial charge in [0.15, 0.2) is 0 Å². The van der Waals surface area contributed by atoms with E-state index in [1.807, 2.05) is 0 Å². The van der Waals surface area contributed by atoms with Crippen molar-refractivity contribution in [3.63, 3.8) is 0 Å². The van der Waals surface area contributed by atoms with E-state index in [-0.39, 0.29) is 6.10 Å². The predicted molar refractivity (Wildman–Crippen MR) is 92.6 cm³/mol. The fourth-order valence-electron chi connectivity index (χ4n) is 4.17. The average Bonchev–Trinajstić information content (AvgIpc) is 2.86. The molecule has 0 aromatic carbocycles. The van der Waals surface area contributed by atoms with Gasteiger partial charge in [-0.05, 0) is 65.6 Å². The van der Waals surface area contributed by atoms with E-state index < -0.39 is 0 Å². The second-order valence-electron chi connectivity index (χ2n) is 7.49. The number of aryl methyl sites for hydroxylation is 2. The molecule has 0 bridgehead atoms. The summed E-state index contributed by atoms with van der Waals surface area (Å²) in [6, 6.07) is 3.42. The standard InChI is InChI=1S/C18H32N4O/c1-14-12-15(2)22(19-14)13-16(3)20-8-4-17(5-9-20)21-10-6-18(23)7-11-21/h12,16-18,23H,4-11,13H2,1-3H3. The van der Waals surface area contributed by atoms with Gasteiger partial charge in [0.2, 0.25) is 0 Å². The minimum Gasteiger partial charge on any atom is -0.393 e. The number of piperidine rings is 2. The van der Waals surface area contributed by atoms with Crippen LogP contribution in [0.15, 0.2) is 6.07 Å². The van der Waals surface area contributed by atoms with Gasteiger partial charge < -0.3 is 10.0 Å². The van der Waals surface area contributed by atoms with Crippen LogP contribution in [0.3, 0.4) is 0 Å². The molecule has 1 N–H and O–H groups in total. The van der Waals surface area contributed by atoms with Crippen LogP contribution >= 0.6 is 0 Å². The Bertz CT molecular complexity index is 499. The monoisotopic (exact) mass is 320 g/mol. The van der Waals surface area contributed by atoms with Gasteiger partial charge in [-0.1, -0.05) is 0 Å². The minimum absolute atomic E-state index is 0.0628. The minimum atomic E-state index is -0.0628. The van der Waals surface area contributed by atoms with E-state index in [2.05, 4.69) is 46.4 Å². The Morgan fingerprint density at radius 3 is 2.35 bits per heavy atom. The Balaban J connectivity index is 1.47. The molecule has 5 nitrogen and oxygen atoms in total. The van der Waals surface area contributed by atoms with Crippen LogP contribution in [-0.4, -0.2) is 69.1 Å². The van der Waals surface area contributed by atoms with Crippen molar-refractivity contribution in [2.75, 3.05) is 26.2 Å². The molecule has 2 saturated heterocycles. The van der Waals surface area contributed by atoms with E-state index in [4.69, 9.17) is 0 Å². The fraction of sp³-hybridized carbons (Fsp3) is 0.833. The van der Waals surface area contributed by atoms with Gasteiger partial charge in [0.05, 0.1) is 18.3 Å². The van der Waals surface area contributed by atoms with Crippen molar-refractivity contribution in [3.8, 4) is 0 Å². The molecule has 1 aromatic rings. The zero-order chi connectivity index (χ0) is 16.4. The third-order valence-corrected chi connectivity index (χ3v) is 5.68. The van der Waals surface area contributed by atoms with Crippen LogP contribution in [0, 0.1) is 13.8 Å². The number of rotatable bonds is 4. The quantitative estimate of drug-likeness (QED) is 0.919. The molecule has 130 valence electrons. The van der Waals surface area contributed by atoms with Crippen molar-refractivity contribution in [3.05, 3.63) is 17.5 Å². The van der Waals surface area contributed by atoms with Crippen molar-refractivity contribution in [2.45, 2.75) is 71.2 Å². The highest BCUT2D eigenvalue weighted by molar-refractivity contribution is 5.06. The second-order valence-corrected chi connectivity index (χ2v) is 7.49. The molecule has 1 unspecified atom stereocenters. The molecule has 0 radical (unpaired) electrons. The molecule has 0 saturated carbocycles. The maximum absolute atomic E-state index is 9.66. The van der Waals surface area contributed by atoms with E-state index in [0.29, 0.717) is 6.04 Å². The van der Waals surface area contributed by atoms with Crippen LogP contribution in [0.4, 0.5) is 0 Å². The summed E-state index contributed by atoms with van der Waals surface area (Å²) in [6.07, 6.45) is 4.37. The first kappa shape index (κ1) is 16.9. The number of nitrogens with zero attached hydrogens (tertiary/aromatic N) is 4. The molecule has 23 heavy (non-hydrogen) atoms. The topological polar surface area (TPSA) is 44.5 Å². The lowest BCUT2D eigenvalue weighted by atomic mass is 9.98. The van der Waals surface area contributed by atoms with Crippen molar-refractivity contribution in [1.29, 1.82) is 0 Å². The highest BCUT2D eigenvalue weighted by Crippen LogP contribution is 2.22. The van der Waals surface area contributed by atoms with Crippen molar-refractivity contribution < 1.29 is 5.11 Å². The van der Waals surface area contributed by atoms with Crippen molar-refractivity contribution >= 4 is 0 Å². The molecular formula is C18H32N4O. The summed E-state index contributed by atoms with van der Waals surface area (Å²) < 4.78 is 2.15. The van der Waals surface area contributed by atoms with Gasteiger partial charge in [-0.2, -0.15) is 5.10 Å². The van der Waals surface area contributed by atoms with Crippen LogP contribution in [0.25, 0.3) is 0 Å². The summed E-state index contributed by atoms with van der Waals surface area (Å²) in [5.74, 6) is 0. The fourth-order valence-corrected chi connectivity index (χ4v) is 4.17. The Hall–Kier alpha value is -0.910. The Labute approximate surface area is 140 Å². The molecule has 5 heteroatoms. The summed E-state index contributed by atoms with van der Waals surface area (Å²) in [5.41, 5.74) is 2.37. The van der Waals surface area contributed by atoms with Crippen molar-refractivity contribution in [2.24, 2.45) is 0 Å². The van der Waals surface area contributed by atoms with Crippen LogP contribution in [0.5, 0.6) is 0 Å². The van der Waals surface area contributed by atoms with Crippen LogP contribution in [-0.2, 0) is 6.54 Å². The molecule has 1 aromatic heterocycles. The normalized spacial score (nSPS) is 24.2. The maximum atomic E-state index is 9.66. The molecule has 2 aliphatic heterocycles. The lowest BCUT2D eigenvalue weighted by Gasteiger charge is -2.42. The largest absolute Gasteiger partial charge is 0.393 e. The van der Waals surface area contributed by atoms with Crippen LogP contribution in [0.1, 0.15) is 44.0 Å². The Morgan fingerprint density at radius 1 is 1.13 bits per heavy atom. The first-order chi connectivity index (χ1) is 11.0. The molecule has 0 amide bonds. The zero-order valence-electron chi connectivity index (χ0n) is 14.9.